The van der Waals surface area contributed by atoms with Crippen molar-refractivity contribution in [3.63, 3.8) is 0 Å². The molecule has 1 fully saturated rings. The number of rotatable bonds is 5. The fraction of sp³-hybridized carbons (Fsp3) is 0.667. The highest BCUT2D eigenvalue weighted by atomic mass is 16.2. The molecule has 1 aromatic heterocycles. The average molecular weight is 236 g/mol. The van der Waals surface area contributed by atoms with Gasteiger partial charge in [-0.2, -0.15) is 5.10 Å². The van der Waals surface area contributed by atoms with E-state index in [-0.39, 0.29) is 5.91 Å². The van der Waals surface area contributed by atoms with Crippen molar-refractivity contribution < 1.29 is 4.79 Å². The molecule has 1 amide bonds. The minimum atomic E-state index is 0.230. The fourth-order valence-electron chi connectivity index (χ4n) is 2.11. The van der Waals surface area contributed by atoms with Crippen LogP contribution in [0, 0.1) is 0 Å². The van der Waals surface area contributed by atoms with Gasteiger partial charge in [0.05, 0.1) is 12.7 Å². The molecule has 0 atom stereocenters. The number of hydrogen-bond acceptors (Lipinski definition) is 3. The van der Waals surface area contributed by atoms with Gasteiger partial charge < -0.3 is 10.2 Å². The van der Waals surface area contributed by atoms with Crippen molar-refractivity contribution in [1.29, 1.82) is 0 Å². The summed E-state index contributed by atoms with van der Waals surface area (Å²) in [5.41, 5.74) is 1.20. The van der Waals surface area contributed by atoms with Crippen molar-refractivity contribution in [2.24, 2.45) is 7.05 Å². The Hall–Kier alpha value is -1.36. The summed E-state index contributed by atoms with van der Waals surface area (Å²) in [5, 5.41) is 7.30. The quantitative estimate of drug-likeness (QED) is 0.742. The summed E-state index contributed by atoms with van der Waals surface area (Å²) in [6, 6.07) is 0. The Morgan fingerprint density at radius 2 is 2.24 bits per heavy atom. The van der Waals surface area contributed by atoms with Gasteiger partial charge in [-0.25, -0.2) is 0 Å². The largest absolute Gasteiger partial charge is 0.342 e. The second-order valence-electron chi connectivity index (χ2n) is 4.54. The van der Waals surface area contributed by atoms with Crippen LogP contribution in [0.2, 0.25) is 0 Å². The van der Waals surface area contributed by atoms with Gasteiger partial charge in [0.15, 0.2) is 0 Å². The number of nitrogens with zero attached hydrogens (tertiary/aromatic N) is 3. The number of aromatic nitrogens is 2. The smallest absolute Gasteiger partial charge is 0.236 e. The van der Waals surface area contributed by atoms with E-state index >= 15 is 0 Å². The maximum absolute atomic E-state index is 11.7. The van der Waals surface area contributed by atoms with Crippen LogP contribution in [0.25, 0.3) is 0 Å². The van der Waals surface area contributed by atoms with Crippen molar-refractivity contribution in [1.82, 2.24) is 20.0 Å². The summed E-state index contributed by atoms with van der Waals surface area (Å²) in [5.74, 6) is 0.230. The predicted molar refractivity (Wildman–Crippen MR) is 65.6 cm³/mol. The second kappa shape index (κ2) is 5.82. The first-order valence-corrected chi connectivity index (χ1v) is 6.22. The van der Waals surface area contributed by atoms with Crippen LogP contribution >= 0.6 is 0 Å². The van der Waals surface area contributed by atoms with Crippen molar-refractivity contribution in [2.75, 3.05) is 26.2 Å². The van der Waals surface area contributed by atoms with Crippen molar-refractivity contribution >= 4 is 5.91 Å². The highest BCUT2D eigenvalue weighted by Gasteiger charge is 2.16. The van der Waals surface area contributed by atoms with E-state index in [2.05, 4.69) is 10.4 Å². The maximum Gasteiger partial charge on any atom is 0.236 e. The monoisotopic (exact) mass is 236 g/mol. The van der Waals surface area contributed by atoms with Gasteiger partial charge in [-0.1, -0.05) is 0 Å². The molecule has 0 spiro atoms. The number of nitrogens with one attached hydrogen (secondary N) is 1. The molecule has 0 aromatic carbocycles. The number of hydrogen-bond donors (Lipinski definition) is 1. The Morgan fingerprint density at radius 3 is 2.88 bits per heavy atom. The molecule has 5 nitrogen and oxygen atoms in total. The molecule has 2 rings (SSSR count). The molecule has 1 N–H and O–H groups in total. The van der Waals surface area contributed by atoms with E-state index in [9.17, 15) is 4.79 Å². The Kier molecular flexibility index (Phi) is 4.14. The molecular weight excluding hydrogens is 216 g/mol. The van der Waals surface area contributed by atoms with Gasteiger partial charge in [-0.15, -0.1) is 0 Å². The van der Waals surface area contributed by atoms with Crippen molar-refractivity contribution in [3.05, 3.63) is 18.0 Å². The van der Waals surface area contributed by atoms with Crippen LogP contribution in [0.5, 0.6) is 0 Å². The van der Waals surface area contributed by atoms with E-state index in [0.29, 0.717) is 6.54 Å². The van der Waals surface area contributed by atoms with Crippen LogP contribution in [0.1, 0.15) is 18.4 Å². The van der Waals surface area contributed by atoms with Gasteiger partial charge in [-0.05, 0) is 31.4 Å². The summed E-state index contributed by atoms with van der Waals surface area (Å²) in [4.78, 5) is 13.6. The van der Waals surface area contributed by atoms with E-state index in [0.717, 1.165) is 38.9 Å². The number of carbonyl (C=O) groups excluding carboxylic acids is 1. The SMILES string of the molecule is Cn1cc(CCNCC(=O)N2CCCC2)cn1. The Labute approximate surface area is 102 Å². The lowest BCUT2D eigenvalue weighted by molar-refractivity contribution is -0.129. The molecule has 1 saturated heterocycles. The minimum Gasteiger partial charge on any atom is -0.342 e. The van der Waals surface area contributed by atoms with Gasteiger partial charge in [-0.3, -0.25) is 9.48 Å². The lowest BCUT2D eigenvalue weighted by Crippen LogP contribution is -2.36. The van der Waals surface area contributed by atoms with Crippen LogP contribution in [-0.4, -0.2) is 46.8 Å². The van der Waals surface area contributed by atoms with E-state index in [4.69, 9.17) is 0 Å². The fourth-order valence-corrected chi connectivity index (χ4v) is 2.11. The standard InChI is InChI=1S/C12H20N4O/c1-15-10-11(8-14-15)4-5-13-9-12(17)16-6-2-3-7-16/h8,10,13H,2-7,9H2,1H3. The number of carbonyl (C=O) groups is 1. The third-order valence-corrected chi connectivity index (χ3v) is 3.08. The molecule has 1 aromatic rings. The third kappa shape index (κ3) is 3.56. The molecule has 2 heterocycles. The van der Waals surface area contributed by atoms with Crippen molar-refractivity contribution in [3.8, 4) is 0 Å². The van der Waals surface area contributed by atoms with E-state index in [1.54, 1.807) is 4.68 Å². The van der Waals surface area contributed by atoms with Gasteiger partial charge >= 0.3 is 0 Å². The summed E-state index contributed by atoms with van der Waals surface area (Å²) in [6.45, 7) is 3.15. The molecule has 17 heavy (non-hydrogen) atoms. The molecule has 0 aliphatic carbocycles. The number of likely N-dealkylation sites (tertiary alicyclic amines) is 1. The zero-order valence-electron chi connectivity index (χ0n) is 10.4. The lowest BCUT2D eigenvalue weighted by Gasteiger charge is -2.15. The molecule has 0 saturated carbocycles. The van der Waals surface area contributed by atoms with Gasteiger partial charge in [0.2, 0.25) is 5.91 Å². The first-order valence-electron chi connectivity index (χ1n) is 6.22. The van der Waals surface area contributed by atoms with E-state index < -0.39 is 0 Å². The zero-order valence-corrected chi connectivity index (χ0v) is 10.4. The van der Waals surface area contributed by atoms with Crippen LogP contribution in [0.4, 0.5) is 0 Å². The number of aryl methyl sites for hydroxylation is 1. The number of amides is 1. The summed E-state index contributed by atoms with van der Waals surface area (Å²) in [6.07, 6.45) is 7.10. The summed E-state index contributed by atoms with van der Waals surface area (Å²) < 4.78 is 1.80. The Bertz CT molecular complexity index is 368. The molecule has 0 radical (unpaired) electrons. The Balaban J connectivity index is 1.61. The summed E-state index contributed by atoms with van der Waals surface area (Å²) in [7, 11) is 1.91. The second-order valence-corrected chi connectivity index (χ2v) is 4.54. The van der Waals surface area contributed by atoms with Crippen molar-refractivity contribution in [2.45, 2.75) is 19.3 Å². The molecule has 1 aliphatic rings. The van der Waals surface area contributed by atoms with Gasteiger partial charge in [0.25, 0.3) is 0 Å². The Morgan fingerprint density at radius 1 is 1.47 bits per heavy atom. The topological polar surface area (TPSA) is 50.2 Å². The van der Waals surface area contributed by atoms with E-state index in [1.165, 1.54) is 5.56 Å². The van der Waals surface area contributed by atoms with E-state index in [1.807, 2.05) is 24.3 Å². The molecule has 5 heteroatoms. The molecule has 94 valence electrons. The van der Waals surface area contributed by atoms with Crippen LogP contribution in [0.3, 0.4) is 0 Å². The average Bonchev–Trinajstić information content (AvgIpc) is 2.95. The first-order chi connectivity index (χ1) is 8.25. The predicted octanol–water partition coefficient (Wildman–Crippen LogP) is 0.175. The molecule has 0 bridgehead atoms. The molecule has 1 aliphatic heterocycles. The van der Waals surface area contributed by atoms with Crippen LogP contribution < -0.4 is 5.32 Å². The third-order valence-electron chi connectivity index (χ3n) is 3.08. The minimum absolute atomic E-state index is 0.230. The van der Waals surface area contributed by atoms with Crippen LogP contribution in [0.15, 0.2) is 12.4 Å². The molecule has 0 unspecified atom stereocenters. The van der Waals surface area contributed by atoms with Gasteiger partial charge in [0, 0.05) is 26.3 Å². The lowest BCUT2D eigenvalue weighted by atomic mass is 10.2. The highest BCUT2D eigenvalue weighted by Crippen LogP contribution is 2.06. The summed E-state index contributed by atoms with van der Waals surface area (Å²) >= 11 is 0. The zero-order chi connectivity index (χ0) is 12.1. The van der Waals surface area contributed by atoms with Gasteiger partial charge in [0.1, 0.15) is 0 Å². The maximum atomic E-state index is 11.7. The molecular formula is C12H20N4O. The van der Waals surface area contributed by atoms with Crippen LogP contribution in [-0.2, 0) is 18.3 Å². The highest BCUT2D eigenvalue weighted by molar-refractivity contribution is 5.78. The first kappa shape index (κ1) is 12.1. The normalized spacial score (nSPS) is 15.5.